The van der Waals surface area contributed by atoms with Crippen LogP contribution in [0.1, 0.15) is 37.1 Å². The first-order valence-electron chi connectivity index (χ1n) is 10.6. The van der Waals surface area contributed by atoms with Crippen molar-refractivity contribution in [3.63, 3.8) is 0 Å². The number of nitrogens with one attached hydrogen (secondary N) is 1. The Morgan fingerprint density at radius 1 is 1.24 bits per heavy atom. The van der Waals surface area contributed by atoms with E-state index in [9.17, 15) is 18.0 Å². The van der Waals surface area contributed by atoms with E-state index < -0.39 is 18.0 Å². The predicted molar refractivity (Wildman–Crippen MR) is 112 cm³/mol. The number of likely N-dealkylation sites (N-methyl/N-ethyl adjacent to an activating group) is 1. The number of carbonyl (C=O) groups excluding carboxylic acids is 1. The van der Waals surface area contributed by atoms with Gasteiger partial charge in [-0.3, -0.25) is 4.79 Å². The molecule has 0 bridgehead atoms. The lowest BCUT2D eigenvalue weighted by molar-refractivity contribution is -0.145. The van der Waals surface area contributed by atoms with Crippen LogP contribution in [0.25, 0.3) is 0 Å². The zero-order valence-electron chi connectivity index (χ0n) is 18.7. The molecular formula is C21H25F3N6O3. The number of aryl methyl sites for hydroxylation is 1. The third-order valence-electron chi connectivity index (χ3n) is 6.05. The maximum atomic E-state index is 12.6. The number of alkyl halides is 3. The normalized spacial score (nSPS) is 23.4. The molecule has 1 N–H and O–H groups in total. The molecule has 1 saturated carbocycles. The number of hydrogen-bond acceptors (Lipinski definition) is 8. The highest BCUT2D eigenvalue weighted by atomic mass is 19.4. The summed E-state index contributed by atoms with van der Waals surface area (Å²) >= 11 is 0. The molecule has 0 saturated heterocycles. The maximum absolute atomic E-state index is 12.6. The van der Waals surface area contributed by atoms with Crippen molar-refractivity contribution >= 4 is 17.4 Å². The van der Waals surface area contributed by atoms with Crippen LogP contribution in [0.5, 0.6) is 5.75 Å². The molecule has 2 aromatic rings. The number of ether oxygens (including phenoxy) is 2. The number of anilines is 2. The van der Waals surface area contributed by atoms with E-state index in [4.69, 9.17) is 14.5 Å². The lowest BCUT2D eigenvalue weighted by atomic mass is 9.80. The van der Waals surface area contributed by atoms with Crippen LogP contribution in [0, 0.1) is 12.8 Å². The number of carbonyl (C=O) groups is 1. The molecule has 4 rings (SSSR count). The summed E-state index contributed by atoms with van der Waals surface area (Å²) in [5.41, 5.74) is 1.29. The molecule has 1 aliphatic heterocycles. The smallest absolute Gasteiger partial charge is 0.451 e. The van der Waals surface area contributed by atoms with E-state index in [1.165, 1.54) is 0 Å². The molecule has 9 nitrogen and oxygen atoms in total. The van der Waals surface area contributed by atoms with Crippen LogP contribution in [0.2, 0.25) is 0 Å². The SMILES string of the molecule is CO[C@H](C)[C@H]1C(=O)Nc2c(C)nc(CC3CC(Oc4cnc(C(F)(F)F)nc4)C3)nc2N1C. The van der Waals surface area contributed by atoms with E-state index in [1.807, 2.05) is 25.8 Å². The summed E-state index contributed by atoms with van der Waals surface area (Å²) in [4.78, 5) is 30.2. The van der Waals surface area contributed by atoms with E-state index in [1.54, 1.807) is 7.11 Å². The highest BCUT2D eigenvalue weighted by Gasteiger charge is 2.38. The van der Waals surface area contributed by atoms with Crippen LogP contribution in [-0.4, -0.2) is 58.3 Å². The predicted octanol–water partition coefficient (Wildman–Crippen LogP) is 2.79. The van der Waals surface area contributed by atoms with E-state index in [0.717, 1.165) is 25.2 Å². The molecule has 0 unspecified atom stereocenters. The number of methoxy groups -OCH3 is 1. The average Bonchev–Trinajstić information content (AvgIpc) is 2.72. The Hall–Kier alpha value is -3.02. The van der Waals surface area contributed by atoms with Gasteiger partial charge in [0.15, 0.2) is 11.6 Å². The summed E-state index contributed by atoms with van der Waals surface area (Å²) in [6.45, 7) is 3.66. The molecule has 0 spiro atoms. The topological polar surface area (TPSA) is 102 Å². The quantitative estimate of drug-likeness (QED) is 0.694. The van der Waals surface area contributed by atoms with Crippen molar-refractivity contribution in [2.24, 2.45) is 5.92 Å². The maximum Gasteiger partial charge on any atom is 0.451 e. The minimum Gasteiger partial charge on any atom is -0.487 e. The molecule has 1 fully saturated rings. The zero-order valence-corrected chi connectivity index (χ0v) is 18.7. The van der Waals surface area contributed by atoms with Crippen LogP contribution in [0.4, 0.5) is 24.7 Å². The fourth-order valence-electron chi connectivity index (χ4n) is 4.18. The van der Waals surface area contributed by atoms with E-state index in [2.05, 4.69) is 20.3 Å². The van der Waals surface area contributed by atoms with Crippen molar-refractivity contribution in [2.75, 3.05) is 24.4 Å². The Bertz CT molecular complexity index is 1030. The van der Waals surface area contributed by atoms with Crippen molar-refractivity contribution in [3.05, 3.63) is 29.7 Å². The van der Waals surface area contributed by atoms with Gasteiger partial charge in [0, 0.05) is 20.6 Å². The molecule has 178 valence electrons. The van der Waals surface area contributed by atoms with Crippen molar-refractivity contribution in [1.82, 2.24) is 19.9 Å². The van der Waals surface area contributed by atoms with Gasteiger partial charge in [0.2, 0.25) is 11.7 Å². The third kappa shape index (κ3) is 4.70. The Morgan fingerprint density at radius 2 is 1.91 bits per heavy atom. The molecule has 0 radical (unpaired) electrons. The third-order valence-corrected chi connectivity index (χ3v) is 6.05. The minimum atomic E-state index is -4.58. The zero-order chi connectivity index (χ0) is 23.9. The summed E-state index contributed by atoms with van der Waals surface area (Å²) in [5, 5.41) is 2.89. The lowest BCUT2D eigenvalue weighted by Gasteiger charge is -2.38. The standard InChI is InChI=1S/C21H25F3N6O3/c1-10-16-18(30(3)17(11(2)32-4)19(31)29-16)28-15(27-10)7-12-5-13(6-12)33-14-8-25-20(26-9-14)21(22,23)24/h8-9,11-13,17H,5-7H2,1-4H3,(H,29,31)/t11-,12?,13?,17+/m1/s1. The first kappa shape index (κ1) is 23.1. The first-order chi connectivity index (χ1) is 15.6. The van der Waals surface area contributed by atoms with Gasteiger partial charge >= 0.3 is 6.18 Å². The summed E-state index contributed by atoms with van der Waals surface area (Å²) < 4.78 is 48.7. The Balaban J connectivity index is 1.38. The second-order valence-corrected chi connectivity index (χ2v) is 8.43. The summed E-state index contributed by atoms with van der Waals surface area (Å²) in [6, 6.07) is -0.503. The Labute approximate surface area is 188 Å². The van der Waals surface area contributed by atoms with Crippen LogP contribution in [0.15, 0.2) is 12.4 Å². The first-order valence-corrected chi connectivity index (χ1v) is 10.6. The molecular weight excluding hydrogens is 441 g/mol. The highest BCUT2D eigenvalue weighted by molar-refractivity contribution is 6.03. The van der Waals surface area contributed by atoms with Gasteiger partial charge in [-0.05, 0) is 32.6 Å². The Kier molecular flexibility index (Phi) is 6.12. The lowest BCUT2D eigenvalue weighted by Crippen LogP contribution is -2.53. The van der Waals surface area contributed by atoms with Crippen LogP contribution in [-0.2, 0) is 22.1 Å². The van der Waals surface area contributed by atoms with E-state index in [0.29, 0.717) is 29.4 Å². The van der Waals surface area contributed by atoms with Crippen molar-refractivity contribution in [3.8, 4) is 5.75 Å². The molecule has 2 aliphatic rings. The van der Waals surface area contributed by atoms with E-state index in [-0.39, 0.29) is 29.8 Å². The monoisotopic (exact) mass is 466 g/mol. The van der Waals surface area contributed by atoms with Gasteiger partial charge in [-0.1, -0.05) is 0 Å². The van der Waals surface area contributed by atoms with Gasteiger partial charge < -0.3 is 19.7 Å². The molecule has 1 amide bonds. The largest absolute Gasteiger partial charge is 0.487 e. The summed E-state index contributed by atoms with van der Waals surface area (Å²) in [7, 11) is 3.37. The van der Waals surface area contributed by atoms with Crippen LogP contribution < -0.4 is 15.0 Å². The van der Waals surface area contributed by atoms with Gasteiger partial charge in [0.25, 0.3) is 0 Å². The minimum absolute atomic E-state index is 0.122. The number of aromatic nitrogens is 4. The molecule has 33 heavy (non-hydrogen) atoms. The number of halogens is 3. The molecule has 2 atom stereocenters. The average molecular weight is 466 g/mol. The van der Waals surface area contributed by atoms with Gasteiger partial charge in [-0.25, -0.2) is 19.9 Å². The van der Waals surface area contributed by atoms with E-state index >= 15 is 0 Å². The summed E-state index contributed by atoms with van der Waals surface area (Å²) in [6.07, 6.45) is -0.868. The van der Waals surface area contributed by atoms with Gasteiger partial charge in [-0.15, -0.1) is 0 Å². The number of nitrogens with zero attached hydrogens (tertiary/aromatic N) is 5. The van der Waals surface area contributed by atoms with Gasteiger partial charge in [0.05, 0.1) is 30.3 Å². The molecule has 2 aromatic heterocycles. The second-order valence-electron chi connectivity index (χ2n) is 8.43. The fourth-order valence-corrected chi connectivity index (χ4v) is 4.18. The molecule has 3 heterocycles. The van der Waals surface area contributed by atoms with Crippen LogP contribution in [0.3, 0.4) is 0 Å². The number of rotatable bonds is 6. The van der Waals surface area contributed by atoms with Gasteiger partial charge in [0.1, 0.15) is 17.6 Å². The number of fused-ring (bicyclic) bond motifs is 1. The van der Waals surface area contributed by atoms with Crippen molar-refractivity contribution in [2.45, 2.75) is 57.5 Å². The van der Waals surface area contributed by atoms with Crippen molar-refractivity contribution in [1.29, 1.82) is 0 Å². The Morgan fingerprint density at radius 3 is 2.52 bits per heavy atom. The highest BCUT2D eigenvalue weighted by Crippen LogP contribution is 2.36. The van der Waals surface area contributed by atoms with Crippen LogP contribution >= 0.6 is 0 Å². The summed E-state index contributed by atoms with van der Waals surface area (Å²) in [5.74, 6) is 0.456. The molecule has 12 heteroatoms. The molecule has 0 aromatic carbocycles. The number of hydrogen-bond donors (Lipinski definition) is 1. The van der Waals surface area contributed by atoms with Crippen molar-refractivity contribution < 1.29 is 27.4 Å². The second kappa shape index (κ2) is 8.73. The van der Waals surface area contributed by atoms with Gasteiger partial charge in [-0.2, -0.15) is 13.2 Å². The fraction of sp³-hybridized carbons (Fsp3) is 0.571. The number of amides is 1. The molecule has 1 aliphatic carbocycles.